The van der Waals surface area contributed by atoms with Crippen LogP contribution in [-0.2, 0) is 9.53 Å². The molecule has 18 heavy (non-hydrogen) atoms. The van der Waals surface area contributed by atoms with Crippen molar-refractivity contribution in [3.8, 4) is 0 Å². The zero-order valence-corrected chi connectivity index (χ0v) is 11.5. The molecule has 3 aliphatic carbocycles. The van der Waals surface area contributed by atoms with Crippen molar-refractivity contribution in [3.63, 3.8) is 0 Å². The SMILES string of the molecule is C=C(C)C(=O)OC1(C)CC2CC3CC(C)(O)[C@]23C1. The van der Waals surface area contributed by atoms with Gasteiger partial charge in [-0.25, -0.2) is 4.79 Å². The summed E-state index contributed by atoms with van der Waals surface area (Å²) in [4.78, 5) is 11.7. The third-order valence-electron chi connectivity index (χ3n) is 5.70. The van der Waals surface area contributed by atoms with Gasteiger partial charge in [-0.3, -0.25) is 0 Å². The Morgan fingerprint density at radius 3 is 2.39 bits per heavy atom. The van der Waals surface area contributed by atoms with Gasteiger partial charge in [0.2, 0.25) is 0 Å². The first-order valence-corrected chi connectivity index (χ1v) is 6.81. The number of hydrogen-bond donors (Lipinski definition) is 1. The van der Waals surface area contributed by atoms with E-state index in [0.717, 1.165) is 19.3 Å². The number of carbonyl (C=O) groups excluding carboxylic acids is 1. The first-order valence-electron chi connectivity index (χ1n) is 6.81. The second-order valence-electron chi connectivity index (χ2n) is 7.15. The van der Waals surface area contributed by atoms with Crippen LogP contribution >= 0.6 is 0 Å². The Kier molecular flexibility index (Phi) is 2.16. The number of carbonyl (C=O) groups is 1. The lowest BCUT2D eigenvalue weighted by Crippen LogP contribution is -2.70. The van der Waals surface area contributed by atoms with Crippen molar-refractivity contribution in [2.45, 2.75) is 57.7 Å². The molecule has 0 radical (unpaired) electrons. The molecule has 0 amide bonds. The van der Waals surface area contributed by atoms with E-state index in [4.69, 9.17) is 4.74 Å². The van der Waals surface area contributed by atoms with Crippen molar-refractivity contribution in [2.24, 2.45) is 17.3 Å². The minimum absolute atomic E-state index is 0.0249. The van der Waals surface area contributed by atoms with Crippen molar-refractivity contribution >= 4 is 5.97 Å². The number of hydrogen-bond acceptors (Lipinski definition) is 3. The van der Waals surface area contributed by atoms with E-state index >= 15 is 0 Å². The number of rotatable bonds is 2. The first kappa shape index (κ1) is 12.2. The highest BCUT2D eigenvalue weighted by Crippen LogP contribution is 2.77. The van der Waals surface area contributed by atoms with Crippen LogP contribution in [0.15, 0.2) is 12.2 Å². The second-order valence-corrected chi connectivity index (χ2v) is 7.15. The molecule has 0 saturated heterocycles. The van der Waals surface area contributed by atoms with Gasteiger partial charge in [-0.15, -0.1) is 0 Å². The van der Waals surface area contributed by atoms with Gasteiger partial charge in [0, 0.05) is 11.0 Å². The Bertz CT molecular complexity index is 439. The van der Waals surface area contributed by atoms with Gasteiger partial charge >= 0.3 is 5.97 Å². The third-order valence-corrected chi connectivity index (χ3v) is 5.70. The minimum Gasteiger partial charge on any atom is -0.456 e. The summed E-state index contributed by atoms with van der Waals surface area (Å²) in [6.45, 7) is 9.26. The summed E-state index contributed by atoms with van der Waals surface area (Å²) in [5.41, 5.74) is -0.504. The summed E-state index contributed by atoms with van der Waals surface area (Å²) < 4.78 is 5.63. The van der Waals surface area contributed by atoms with E-state index < -0.39 is 11.2 Å². The Labute approximate surface area is 108 Å². The van der Waals surface area contributed by atoms with Gasteiger partial charge < -0.3 is 9.84 Å². The van der Waals surface area contributed by atoms with Gasteiger partial charge in [0.25, 0.3) is 0 Å². The average Bonchev–Trinajstić information content (AvgIpc) is 2.49. The summed E-state index contributed by atoms with van der Waals surface area (Å²) in [6.07, 6.45) is 3.80. The van der Waals surface area contributed by atoms with Crippen LogP contribution in [0, 0.1) is 17.3 Å². The van der Waals surface area contributed by atoms with E-state index in [9.17, 15) is 9.90 Å². The van der Waals surface area contributed by atoms with Crippen molar-refractivity contribution in [1.82, 2.24) is 0 Å². The van der Waals surface area contributed by atoms with Gasteiger partial charge in [0.15, 0.2) is 0 Å². The van der Waals surface area contributed by atoms with Gasteiger partial charge in [-0.2, -0.15) is 0 Å². The van der Waals surface area contributed by atoms with Crippen LogP contribution in [0.5, 0.6) is 0 Å². The van der Waals surface area contributed by atoms with Crippen LogP contribution in [0.1, 0.15) is 46.5 Å². The maximum atomic E-state index is 11.7. The summed E-state index contributed by atoms with van der Waals surface area (Å²) in [5.74, 6) is 0.864. The Morgan fingerprint density at radius 2 is 1.94 bits per heavy atom. The molecule has 0 aliphatic heterocycles. The van der Waals surface area contributed by atoms with E-state index in [1.54, 1.807) is 6.92 Å². The van der Waals surface area contributed by atoms with Crippen molar-refractivity contribution < 1.29 is 14.6 Å². The Hall–Kier alpha value is -0.830. The molecule has 100 valence electrons. The maximum absolute atomic E-state index is 11.7. The van der Waals surface area contributed by atoms with E-state index in [2.05, 4.69) is 6.58 Å². The van der Waals surface area contributed by atoms with Crippen LogP contribution < -0.4 is 0 Å². The van der Waals surface area contributed by atoms with Gasteiger partial charge in [-0.05, 0) is 58.3 Å². The molecule has 3 rings (SSSR count). The molecule has 3 nitrogen and oxygen atoms in total. The van der Waals surface area contributed by atoms with Gasteiger partial charge in [0.1, 0.15) is 5.60 Å². The summed E-state index contributed by atoms with van der Waals surface area (Å²) in [7, 11) is 0. The third kappa shape index (κ3) is 1.26. The van der Waals surface area contributed by atoms with Gasteiger partial charge in [0.05, 0.1) is 5.60 Å². The Morgan fingerprint density at radius 1 is 1.33 bits per heavy atom. The molecule has 0 heterocycles. The maximum Gasteiger partial charge on any atom is 0.333 e. The van der Waals surface area contributed by atoms with E-state index in [1.807, 2.05) is 13.8 Å². The zero-order chi connectivity index (χ0) is 13.3. The smallest absolute Gasteiger partial charge is 0.333 e. The molecule has 3 saturated carbocycles. The van der Waals surface area contributed by atoms with Crippen molar-refractivity contribution in [2.75, 3.05) is 0 Å². The predicted octanol–water partition coefficient (Wildman–Crippen LogP) is 2.44. The van der Waals surface area contributed by atoms with Gasteiger partial charge in [-0.1, -0.05) is 6.58 Å². The van der Waals surface area contributed by atoms with Crippen LogP contribution in [0.4, 0.5) is 0 Å². The predicted molar refractivity (Wildman–Crippen MR) is 67.8 cm³/mol. The lowest BCUT2D eigenvalue weighted by Gasteiger charge is -2.70. The molecular formula is C15H22O3. The lowest BCUT2D eigenvalue weighted by molar-refractivity contribution is -0.282. The fourth-order valence-corrected chi connectivity index (χ4v) is 4.97. The standard InChI is InChI=1S/C15H22O3/c1-9(2)12(16)18-13(3)6-10-5-11-7-14(4,17)15(10,11)8-13/h10-11,17H,1,5-8H2,2-4H3/t10?,11?,13?,14?,15-/m1/s1. The molecule has 0 bridgehead atoms. The normalized spacial score (nSPS) is 52.7. The number of esters is 1. The highest BCUT2D eigenvalue weighted by Gasteiger charge is 2.77. The van der Waals surface area contributed by atoms with Crippen LogP contribution in [-0.4, -0.2) is 22.3 Å². The van der Waals surface area contributed by atoms with Crippen LogP contribution in [0.3, 0.4) is 0 Å². The molecular weight excluding hydrogens is 228 g/mol. The largest absolute Gasteiger partial charge is 0.456 e. The van der Waals surface area contributed by atoms with Crippen molar-refractivity contribution in [1.29, 1.82) is 0 Å². The highest BCUT2D eigenvalue weighted by molar-refractivity contribution is 5.87. The molecule has 0 aromatic heterocycles. The molecule has 1 spiro atoms. The molecule has 5 atom stereocenters. The molecule has 3 fully saturated rings. The van der Waals surface area contributed by atoms with Crippen molar-refractivity contribution in [3.05, 3.63) is 12.2 Å². The molecule has 3 aliphatic rings. The quantitative estimate of drug-likeness (QED) is 0.605. The molecule has 3 heteroatoms. The van der Waals surface area contributed by atoms with E-state index in [-0.39, 0.29) is 11.4 Å². The molecule has 0 aromatic carbocycles. The molecule has 0 aromatic rings. The first-order chi connectivity index (χ1) is 8.20. The Balaban J connectivity index is 1.79. The lowest BCUT2D eigenvalue weighted by atomic mass is 9.37. The monoisotopic (exact) mass is 250 g/mol. The zero-order valence-electron chi connectivity index (χ0n) is 11.5. The van der Waals surface area contributed by atoms with E-state index in [0.29, 0.717) is 17.4 Å². The molecule has 1 N–H and O–H groups in total. The fraction of sp³-hybridized carbons (Fsp3) is 0.800. The minimum atomic E-state index is -0.562. The highest BCUT2D eigenvalue weighted by atomic mass is 16.6. The fourth-order valence-electron chi connectivity index (χ4n) is 4.97. The number of ether oxygens (including phenoxy) is 1. The number of aliphatic hydroxyl groups is 1. The van der Waals surface area contributed by atoms with E-state index in [1.165, 1.54) is 6.42 Å². The average molecular weight is 250 g/mol. The topological polar surface area (TPSA) is 46.5 Å². The summed E-state index contributed by atoms with van der Waals surface area (Å²) >= 11 is 0. The van der Waals surface area contributed by atoms with Crippen LogP contribution in [0.25, 0.3) is 0 Å². The second kappa shape index (κ2) is 3.19. The molecule has 4 unspecified atom stereocenters. The van der Waals surface area contributed by atoms with Crippen LogP contribution in [0.2, 0.25) is 0 Å². The summed E-state index contributed by atoms with van der Waals surface area (Å²) in [5, 5.41) is 10.5. The summed E-state index contributed by atoms with van der Waals surface area (Å²) in [6, 6.07) is 0.